The van der Waals surface area contributed by atoms with Crippen LogP contribution in [0.15, 0.2) is 60.7 Å². The van der Waals surface area contributed by atoms with Crippen LogP contribution in [0.5, 0.6) is 5.75 Å². The summed E-state index contributed by atoms with van der Waals surface area (Å²) in [6.07, 6.45) is 7.64. The SMILES string of the molecule is Cc1cccc(-c2cccc3c2OC2CC=CC=C32)c1. The molecule has 0 saturated carbocycles. The Morgan fingerprint density at radius 3 is 2.80 bits per heavy atom. The van der Waals surface area contributed by atoms with Gasteiger partial charge < -0.3 is 4.74 Å². The van der Waals surface area contributed by atoms with Gasteiger partial charge in [0.05, 0.1) is 0 Å². The lowest BCUT2D eigenvalue weighted by molar-refractivity contribution is 0.280. The lowest BCUT2D eigenvalue weighted by atomic mass is 9.94. The maximum atomic E-state index is 6.22. The molecule has 1 aliphatic heterocycles. The predicted octanol–water partition coefficient (Wildman–Crippen LogP) is 4.77. The summed E-state index contributed by atoms with van der Waals surface area (Å²) in [6, 6.07) is 15.0. The number of aryl methyl sites for hydroxylation is 1. The minimum atomic E-state index is 0.195. The number of hydrogen-bond acceptors (Lipinski definition) is 1. The van der Waals surface area contributed by atoms with Gasteiger partial charge in [-0.3, -0.25) is 0 Å². The highest BCUT2D eigenvalue weighted by Crippen LogP contribution is 2.45. The molecule has 1 heterocycles. The van der Waals surface area contributed by atoms with E-state index in [1.165, 1.54) is 27.8 Å². The molecule has 1 heteroatoms. The predicted molar refractivity (Wildman–Crippen MR) is 82.8 cm³/mol. The zero-order valence-electron chi connectivity index (χ0n) is 11.5. The maximum absolute atomic E-state index is 6.22. The molecule has 0 spiro atoms. The van der Waals surface area contributed by atoms with E-state index in [-0.39, 0.29) is 6.10 Å². The van der Waals surface area contributed by atoms with Crippen LogP contribution < -0.4 is 4.74 Å². The molecule has 20 heavy (non-hydrogen) atoms. The average Bonchev–Trinajstić information content (AvgIpc) is 2.86. The summed E-state index contributed by atoms with van der Waals surface area (Å²) in [5.41, 5.74) is 6.27. The van der Waals surface area contributed by atoms with Crippen molar-refractivity contribution in [2.24, 2.45) is 0 Å². The molecule has 2 aromatic carbocycles. The van der Waals surface area contributed by atoms with Gasteiger partial charge in [-0.1, -0.05) is 66.3 Å². The number of allylic oxidation sites excluding steroid dienone is 2. The van der Waals surface area contributed by atoms with E-state index in [0.29, 0.717) is 0 Å². The first-order chi connectivity index (χ1) is 9.83. The number of rotatable bonds is 1. The van der Waals surface area contributed by atoms with Gasteiger partial charge in [0.2, 0.25) is 0 Å². The average molecular weight is 260 g/mol. The topological polar surface area (TPSA) is 9.23 Å². The molecule has 0 aromatic heterocycles. The monoisotopic (exact) mass is 260 g/mol. The zero-order chi connectivity index (χ0) is 13.5. The summed E-state index contributed by atoms with van der Waals surface area (Å²) in [5, 5.41) is 0. The smallest absolute Gasteiger partial charge is 0.135 e. The summed E-state index contributed by atoms with van der Waals surface area (Å²) >= 11 is 0. The van der Waals surface area contributed by atoms with Gasteiger partial charge in [-0.15, -0.1) is 0 Å². The lowest BCUT2D eigenvalue weighted by Gasteiger charge is -2.13. The normalized spacial score (nSPS) is 19.1. The summed E-state index contributed by atoms with van der Waals surface area (Å²) in [7, 11) is 0. The molecule has 1 aliphatic carbocycles. The van der Waals surface area contributed by atoms with Gasteiger partial charge in [-0.05, 0) is 12.5 Å². The Balaban J connectivity index is 1.89. The van der Waals surface area contributed by atoms with Crippen LogP contribution in [-0.2, 0) is 0 Å². The number of fused-ring (bicyclic) bond motifs is 3. The number of ether oxygens (including phenoxy) is 1. The molecule has 0 saturated heterocycles. The fourth-order valence-electron chi connectivity index (χ4n) is 3.06. The van der Waals surface area contributed by atoms with Crippen LogP contribution in [0, 0.1) is 6.92 Å². The van der Waals surface area contributed by atoms with Crippen LogP contribution in [-0.4, -0.2) is 6.10 Å². The first-order valence-corrected chi connectivity index (χ1v) is 7.07. The van der Waals surface area contributed by atoms with Crippen LogP contribution in [0.4, 0.5) is 0 Å². The summed E-state index contributed by atoms with van der Waals surface area (Å²) in [4.78, 5) is 0. The Bertz CT molecular complexity index is 737. The van der Waals surface area contributed by atoms with Crippen molar-refractivity contribution in [3.63, 3.8) is 0 Å². The zero-order valence-corrected chi connectivity index (χ0v) is 11.5. The number of benzene rings is 2. The highest BCUT2D eigenvalue weighted by molar-refractivity contribution is 5.86. The second kappa shape index (κ2) is 4.38. The van der Waals surface area contributed by atoms with E-state index in [4.69, 9.17) is 4.74 Å². The van der Waals surface area contributed by atoms with E-state index in [9.17, 15) is 0 Å². The third-order valence-electron chi connectivity index (χ3n) is 4.02. The molecule has 98 valence electrons. The van der Waals surface area contributed by atoms with E-state index in [1.54, 1.807) is 0 Å². The molecule has 1 unspecified atom stereocenters. The quantitative estimate of drug-likeness (QED) is 0.718. The largest absolute Gasteiger partial charge is 0.484 e. The van der Waals surface area contributed by atoms with Crippen molar-refractivity contribution in [3.05, 3.63) is 71.8 Å². The molecule has 1 nitrogen and oxygen atoms in total. The first-order valence-electron chi connectivity index (χ1n) is 7.07. The van der Waals surface area contributed by atoms with Crippen molar-refractivity contribution in [1.29, 1.82) is 0 Å². The van der Waals surface area contributed by atoms with Gasteiger partial charge in [-0.25, -0.2) is 0 Å². The summed E-state index contributed by atoms with van der Waals surface area (Å²) in [6.45, 7) is 2.12. The molecular weight excluding hydrogens is 244 g/mol. The van der Waals surface area contributed by atoms with Crippen molar-refractivity contribution in [3.8, 4) is 16.9 Å². The fraction of sp³-hybridized carbons (Fsp3) is 0.158. The molecule has 4 rings (SSSR count). The Labute approximate surface area is 119 Å². The second-order valence-electron chi connectivity index (χ2n) is 5.44. The molecule has 0 amide bonds. The molecule has 0 N–H and O–H groups in total. The van der Waals surface area contributed by atoms with Crippen LogP contribution >= 0.6 is 0 Å². The number of hydrogen-bond donors (Lipinski definition) is 0. The molecule has 0 bridgehead atoms. The third kappa shape index (κ3) is 1.70. The van der Waals surface area contributed by atoms with Gasteiger partial charge in [0.15, 0.2) is 0 Å². The third-order valence-corrected chi connectivity index (χ3v) is 4.02. The first kappa shape index (κ1) is 11.5. The van der Waals surface area contributed by atoms with Crippen LogP contribution in [0.3, 0.4) is 0 Å². The number of para-hydroxylation sites is 1. The van der Waals surface area contributed by atoms with Gasteiger partial charge in [-0.2, -0.15) is 0 Å². The van der Waals surface area contributed by atoms with Gasteiger partial charge in [0.1, 0.15) is 11.9 Å². The van der Waals surface area contributed by atoms with Crippen molar-refractivity contribution >= 4 is 5.57 Å². The summed E-state index contributed by atoms with van der Waals surface area (Å²) in [5.74, 6) is 1.04. The van der Waals surface area contributed by atoms with Gasteiger partial charge in [0.25, 0.3) is 0 Å². The Hall–Kier alpha value is -2.28. The van der Waals surface area contributed by atoms with Gasteiger partial charge in [0, 0.05) is 23.1 Å². The van der Waals surface area contributed by atoms with E-state index < -0.39 is 0 Å². The lowest BCUT2D eigenvalue weighted by Crippen LogP contribution is -2.12. The van der Waals surface area contributed by atoms with Gasteiger partial charge >= 0.3 is 0 Å². The van der Waals surface area contributed by atoms with Crippen LogP contribution in [0.25, 0.3) is 16.7 Å². The Kier molecular flexibility index (Phi) is 2.53. The Morgan fingerprint density at radius 1 is 1.05 bits per heavy atom. The highest BCUT2D eigenvalue weighted by Gasteiger charge is 2.30. The minimum Gasteiger partial charge on any atom is -0.484 e. The van der Waals surface area contributed by atoms with Crippen molar-refractivity contribution in [2.75, 3.05) is 0 Å². The Morgan fingerprint density at radius 2 is 1.90 bits per heavy atom. The molecule has 2 aliphatic rings. The summed E-state index contributed by atoms with van der Waals surface area (Å²) < 4.78 is 6.22. The van der Waals surface area contributed by atoms with Crippen LogP contribution in [0.1, 0.15) is 17.5 Å². The fourth-order valence-corrected chi connectivity index (χ4v) is 3.06. The molecule has 0 fully saturated rings. The highest BCUT2D eigenvalue weighted by atomic mass is 16.5. The maximum Gasteiger partial charge on any atom is 0.135 e. The van der Waals surface area contributed by atoms with E-state index in [0.717, 1.165) is 12.2 Å². The second-order valence-corrected chi connectivity index (χ2v) is 5.44. The molecule has 1 atom stereocenters. The van der Waals surface area contributed by atoms with Crippen molar-refractivity contribution in [2.45, 2.75) is 19.4 Å². The molecule has 0 radical (unpaired) electrons. The minimum absolute atomic E-state index is 0.195. The van der Waals surface area contributed by atoms with Crippen LogP contribution in [0.2, 0.25) is 0 Å². The van der Waals surface area contributed by atoms with E-state index >= 15 is 0 Å². The van der Waals surface area contributed by atoms with E-state index in [2.05, 4.69) is 67.6 Å². The molecule has 2 aromatic rings. The van der Waals surface area contributed by atoms with Crippen molar-refractivity contribution in [1.82, 2.24) is 0 Å². The molecular formula is C19H16O. The van der Waals surface area contributed by atoms with Crippen molar-refractivity contribution < 1.29 is 4.74 Å². The van der Waals surface area contributed by atoms with E-state index in [1.807, 2.05) is 0 Å². The standard InChI is InChI=1S/C19H16O/c1-13-6-4-7-14(12-13)15-9-5-10-17-16-8-2-3-11-18(16)20-19(15)17/h2-10,12,18H,11H2,1H3.